The number of anilines is 1. The number of carbonyl (C=O) groups excluding carboxylic acids is 2. The van der Waals surface area contributed by atoms with Crippen molar-refractivity contribution >= 4 is 17.5 Å². The van der Waals surface area contributed by atoms with Gasteiger partial charge in [-0.3, -0.25) is 14.4 Å². The minimum absolute atomic E-state index is 0.0986. The number of hydrogen-bond acceptors (Lipinski definition) is 4. The number of rotatable bonds is 5. The standard InChI is InChI=1S/C27H34N4O4/c1-18(32)29-11-9-22(10-12-29)30-15-20-13-21(17-30)25-8-7-24(27(34)31(25)16-20)28-26(33)14-19-3-5-23(35-2)6-4-19/h3-8,20-22H,9-17H2,1-2H3,(H,28,33)/p+1/t20-,21+/m0/s1. The molecule has 0 radical (unpaired) electrons. The lowest BCUT2D eigenvalue weighted by molar-refractivity contribution is -0.937. The summed E-state index contributed by atoms with van der Waals surface area (Å²) < 4.78 is 7.06. The van der Waals surface area contributed by atoms with E-state index in [4.69, 9.17) is 4.74 Å². The van der Waals surface area contributed by atoms with E-state index in [-0.39, 0.29) is 23.8 Å². The Morgan fingerprint density at radius 3 is 2.51 bits per heavy atom. The third kappa shape index (κ3) is 4.98. The number of quaternary nitrogens is 1. The fourth-order valence-electron chi connectivity index (χ4n) is 6.25. The SMILES string of the molecule is COc1ccc(CC(=O)Nc2ccc3n(c2=O)C[C@H]2C[C@@H]3C[NH+](C3CCN(C(C)=O)CC3)C2)cc1. The predicted octanol–water partition coefficient (Wildman–Crippen LogP) is 1.05. The third-order valence-electron chi connectivity index (χ3n) is 8.06. The summed E-state index contributed by atoms with van der Waals surface area (Å²) in [7, 11) is 1.61. The quantitative estimate of drug-likeness (QED) is 0.672. The molecule has 0 spiro atoms. The van der Waals surface area contributed by atoms with Crippen molar-refractivity contribution in [1.82, 2.24) is 9.47 Å². The second-order valence-electron chi connectivity index (χ2n) is 10.3. The van der Waals surface area contributed by atoms with Crippen LogP contribution in [0.3, 0.4) is 0 Å². The molecule has 8 heteroatoms. The first-order chi connectivity index (χ1) is 16.9. The third-order valence-corrected chi connectivity index (χ3v) is 8.06. The van der Waals surface area contributed by atoms with Gasteiger partial charge in [-0.05, 0) is 36.2 Å². The van der Waals surface area contributed by atoms with E-state index in [2.05, 4.69) is 5.32 Å². The molecule has 186 valence electrons. The van der Waals surface area contributed by atoms with Crippen molar-refractivity contribution in [3.8, 4) is 5.75 Å². The monoisotopic (exact) mass is 479 g/mol. The highest BCUT2D eigenvalue weighted by atomic mass is 16.5. The summed E-state index contributed by atoms with van der Waals surface area (Å²) in [5.74, 6) is 1.55. The maximum Gasteiger partial charge on any atom is 0.274 e. The van der Waals surface area contributed by atoms with Crippen LogP contribution in [0.4, 0.5) is 5.69 Å². The van der Waals surface area contributed by atoms with Crippen molar-refractivity contribution in [2.75, 3.05) is 38.6 Å². The fraction of sp³-hybridized carbons (Fsp3) is 0.519. The van der Waals surface area contributed by atoms with Crippen molar-refractivity contribution in [2.45, 2.75) is 51.1 Å². The zero-order chi connectivity index (χ0) is 24.5. The van der Waals surface area contributed by atoms with Crippen LogP contribution in [0.5, 0.6) is 5.75 Å². The Morgan fingerprint density at radius 2 is 1.83 bits per heavy atom. The Bertz CT molecular complexity index is 1150. The molecule has 2 aromatic rings. The minimum atomic E-state index is -0.198. The van der Waals surface area contributed by atoms with Crippen LogP contribution < -0.4 is 20.5 Å². The highest BCUT2D eigenvalue weighted by Gasteiger charge is 2.41. The number of piperidine rings is 2. The van der Waals surface area contributed by atoms with Crippen molar-refractivity contribution in [3.63, 3.8) is 0 Å². The molecule has 2 saturated heterocycles. The molecule has 3 aliphatic rings. The number of likely N-dealkylation sites (tertiary alicyclic amines) is 2. The second kappa shape index (κ2) is 9.85. The van der Waals surface area contributed by atoms with E-state index in [0.717, 1.165) is 62.4 Å². The van der Waals surface area contributed by atoms with Crippen LogP contribution in [-0.2, 0) is 22.6 Å². The highest BCUT2D eigenvalue weighted by molar-refractivity contribution is 5.92. The van der Waals surface area contributed by atoms with E-state index in [9.17, 15) is 14.4 Å². The zero-order valence-corrected chi connectivity index (χ0v) is 20.6. The predicted molar refractivity (Wildman–Crippen MR) is 133 cm³/mol. The summed E-state index contributed by atoms with van der Waals surface area (Å²) in [5.41, 5.74) is 2.22. The van der Waals surface area contributed by atoms with Gasteiger partial charge in [0.25, 0.3) is 5.56 Å². The number of benzene rings is 1. The van der Waals surface area contributed by atoms with Crippen LogP contribution in [-0.4, -0.2) is 60.6 Å². The Labute approximate surface area is 205 Å². The number of pyridine rings is 1. The summed E-state index contributed by atoms with van der Waals surface area (Å²) in [4.78, 5) is 41.2. The van der Waals surface area contributed by atoms with E-state index >= 15 is 0 Å². The van der Waals surface area contributed by atoms with Crippen molar-refractivity contribution < 1.29 is 19.2 Å². The summed E-state index contributed by atoms with van der Waals surface area (Å²) in [6.07, 6.45) is 3.44. The maximum absolute atomic E-state index is 13.3. The number of nitrogens with one attached hydrogen (secondary N) is 2. The van der Waals surface area contributed by atoms with Crippen molar-refractivity contribution in [3.05, 3.63) is 58.0 Å². The molecule has 1 unspecified atom stereocenters. The van der Waals surface area contributed by atoms with Gasteiger partial charge in [-0.2, -0.15) is 0 Å². The van der Waals surface area contributed by atoms with E-state index in [1.807, 2.05) is 39.8 Å². The minimum Gasteiger partial charge on any atom is -0.497 e. The second-order valence-corrected chi connectivity index (χ2v) is 10.3. The van der Waals surface area contributed by atoms with Gasteiger partial charge in [0.05, 0.1) is 32.7 Å². The molecule has 1 aromatic heterocycles. The van der Waals surface area contributed by atoms with Gasteiger partial charge in [0, 0.05) is 56.9 Å². The lowest BCUT2D eigenvalue weighted by Crippen LogP contribution is -3.18. The first kappa shape index (κ1) is 23.6. The lowest BCUT2D eigenvalue weighted by atomic mass is 9.82. The molecule has 2 N–H and O–H groups in total. The number of ether oxygens (including phenoxy) is 1. The number of methoxy groups -OCH3 is 1. The zero-order valence-electron chi connectivity index (χ0n) is 20.6. The summed E-state index contributed by atoms with van der Waals surface area (Å²) in [6.45, 7) is 6.18. The molecule has 2 amide bonds. The molecular weight excluding hydrogens is 444 g/mol. The van der Waals surface area contributed by atoms with Gasteiger partial charge in [-0.15, -0.1) is 0 Å². The highest BCUT2D eigenvalue weighted by Crippen LogP contribution is 2.31. The van der Waals surface area contributed by atoms with Crippen LogP contribution in [0, 0.1) is 5.92 Å². The molecular formula is C27H35N4O4+. The van der Waals surface area contributed by atoms with Crippen LogP contribution >= 0.6 is 0 Å². The molecule has 8 nitrogen and oxygen atoms in total. The lowest BCUT2D eigenvalue weighted by Gasteiger charge is -2.45. The van der Waals surface area contributed by atoms with E-state index < -0.39 is 0 Å². The topological polar surface area (TPSA) is 85.1 Å². The van der Waals surface area contributed by atoms with E-state index in [0.29, 0.717) is 30.1 Å². The molecule has 2 bridgehead atoms. The van der Waals surface area contributed by atoms with Crippen molar-refractivity contribution in [1.29, 1.82) is 0 Å². The average Bonchev–Trinajstić information content (AvgIpc) is 2.86. The Kier molecular flexibility index (Phi) is 6.65. The number of nitrogens with zero attached hydrogens (tertiary/aromatic N) is 2. The normalized spacial score (nSPS) is 23.9. The van der Waals surface area contributed by atoms with Crippen LogP contribution in [0.25, 0.3) is 0 Å². The molecule has 3 aliphatic heterocycles. The molecule has 1 aromatic carbocycles. The average molecular weight is 480 g/mol. The first-order valence-corrected chi connectivity index (χ1v) is 12.7. The fourth-order valence-corrected chi connectivity index (χ4v) is 6.25. The van der Waals surface area contributed by atoms with Gasteiger partial charge < -0.3 is 24.4 Å². The van der Waals surface area contributed by atoms with Gasteiger partial charge in [0.15, 0.2) is 0 Å². The maximum atomic E-state index is 13.3. The molecule has 0 saturated carbocycles. The summed E-state index contributed by atoms with van der Waals surface area (Å²) in [6, 6.07) is 11.8. The summed E-state index contributed by atoms with van der Waals surface area (Å²) >= 11 is 0. The largest absolute Gasteiger partial charge is 0.497 e. The Balaban J connectivity index is 1.25. The van der Waals surface area contributed by atoms with Crippen molar-refractivity contribution in [2.24, 2.45) is 5.92 Å². The molecule has 0 aliphatic carbocycles. The number of carbonyl (C=O) groups is 2. The van der Waals surface area contributed by atoms with Gasteiger partial charge >= 0.3 is 0 Å². The molecule has 2 fully saturated rings. The Hall–Kier alpha value is -3.13. The van der Waals surface area contributed by atoms with E-state index in [1.165, 1.54) is 0 Å². The van der Waals surface area contributed by atoms with Gasteiger partial charge in [0.2, 0.25) is 11.8 Å². The van der Waals surface area contributed by atoms with Crippen LogP contribution in [0.1, 0.15) is 43.4 Å². The molecule has 4 heterocycles. The van der Waals surface area contributed by atoms with Gasteiger partial charge in [0.1, 0.15) is 11.4 Å². The molecule has 5 rings (SSSR count). The van der Waals surface area contributed by atoms with Crippen LogP contribution in [0.15, 0.2) is 41.2 Å². The molecule has 35 heavy (non-hydrogen) atoms. The number of aromatic nitrogens is 1. The van der Waals surface area contributed by atoms with Gasteiger partial charge in [-0.25, -0.2) is 0 Å². The summed E-state index contributed by atoms with van der Waals surface area (Å²) in [5, 5.41) is 2.84. The Morgan fingerprint density at radius 1 is 1.09 bits per heavy atom. The smallest absolute Gasteiger partial charge is 0.274 e. The first-order valence-electron chi connectivity index (χ1n) is 12.7. The van der Waals surface area contributed by atoms with Crippen LogP contribution in [0.2, 0.25) is 0 Å². The van der Waals surface area contributed by atoms with Gasteiger partial charge in [-0.1, -0.05) is 12.1 Å². The van der Waals surface area contributed by atoms with E-state index in [1.54, 1.807) is 25.0 Å². The number of fused-ring (bicyclic) bond motifs is 4. The number of amides is 2. The molecule has 3 atom stereocenters. The number of hydrogen-bond donors (Lipinski definition) is 2.